The normalized spacial score (nSPS) is 16.5. The fourth-order valence-electron chi connectivity index (χ4n) is 2.50. The van der Waals surface area contributed by atoms with Crippen molar-refractivity contribution in [3.8, 4) is 0 Å². The fourth-order valence-corrected chi connectivity index (χ4v) is 2.50. The number of Topliss-reactive ketones (excluding diaryl/α,β-unsaturated/α-hetero) is 1. The van der Waals surface area contributed by atoms with Gasteiger partial charge in [-0.2, -0.15) is 0 Å². The highest BCUT2D eigenvalue weighted by Crippen LogP contribution is 2.09. The number of hydrogen-bond donors (Lipinski definition) is 0. The maximum Gasteiger partial charge on any atom is 0.379 e. The zero-order chi connectivity index (χ0) is 15.9. The van der Waals surface area contributed by atoms with E-state index in [1.165, 1.54) is 5.56 Å². The van der Waals surface area contributed by atoms with E-state index in [1.807, 2.05) is 12.1 Å². The van der Waals surface area contributed by atoms with Crippen LogP contribution in [-0.4, -0.2) is 67.9 Å². The van der Waals surface area contributed by atoms with E-state index in [2.05, 4.69) is 16.8 Å². The SMILES string of the molecule is CCOC(=O)C(=O)c1ccc(CCN2CCN(C)CC2)cc1. The van der Waals surface area contributed by atoms with Gasteiger partial charge in [-0.1, -0.05) is 24.3 Å². The van der Waals surface area contributed by atoms with Crippen molar-refractivity contribution in [3.63, 3.8) is 0 Å². The number of hydrogen-bond acceptors (Lipinski definition) is 5. The van der Waals surface area contributed by atoms with Gasteiger partial charge < -0.3 is 14.5 Å². The lowest BCUT2D eigenvalue weighted by Crippen LogP contribution is -2.45. The van der Waals surface area contributed by atoms with Gasteiger partial charge in [0.2, 0.25) is 0 Å². The molecular formula is C17H24N2O3. The van der Waals surface area contributed by atoms with E-state index in [0.717, 1.165) is 39.1 Å². The van der Waals surface area contributed by atoms with Crippen molar-refractivity contribution in [2.24, 2.45) is 0 Å². The average Bonchev–Trinajstić information content (AvgIpc) is 2.54. The van der Waals surface area contributed by atoms with E-state index in [9.17, 15) is 9.59 Å². The Balaban J connectivity index is 1.84. The molecule has 0 aromatic heterocycles. The summed E-state index contributed by atoms with van der Waals surface area (Å²) in [5.74, 6) is -1.36. The number of piperazine rings is 1. The summed E-state index contributed by atoms with van der Waals surface area (Å²) in [6.45, 7) is 7.38. The third-order valence-electron chi connectivity index (χ3n) is 3.99. The number of ether oxygens (including phenoxy) is 1. The highest BCUT2D eigenvalue weighted by atomic mass is 16.5. The van der Waals surface area contributed by atoms with Crippen LogP contribution in [0.5, 0.6) is 0 Å². The van der Waals surface area contributed by atoms with E-state index < -0.39 is 11.8 Å². The van der Waals surface area contributed by atoms with Crippen LogP contribution < -0.4 is 0 Å². The van der Waals surface area contributed by atoms with Crippen molar-refractivity contribution in [2.75, 3.05) is 46.4 Å². The Morgan fingerprint density at radius 1 is 1.09 bits per heavy atom. The Morgan fingerprint density at radius 2 is 1.73 bits per heavy atom. The number of ketones is 1. The van der Waals surface area contributed by atoms with Crippen LogP contribution in [0.2, 0.25) is 0 Å². The zero-order valence-electron chi connectivity index (χ0n) is 13.4. The third kappa shape index (κ3) is 4.64. The molecule has 120 valence electrons. The molecule has 22 heavy (non-hydrogen) atoms. The lowest BCUT2D eigenvalue weighted by Gasteiger charge is -2.32. The van der Waals surface area contributed by atoms with E-state index in [1.54, 1.807) is 19.1 Å². The van der Waals surface area contributed by atoms with Crippen molar-refractivity contribution in [1.82, 2.24) is 9.80 Å². The Morgan fingerprint density at radius 3 is 2.32 bits per heavy atom. The molecule has 0 N–H and O–H groups in total. The van der Waals surface area contributed by atoms with Crippen molar-refractivity contribution in [3.05, 3.63) is 35.4 Å². The van der Waals surface area contributed by atoms with E-state index >= 15 is 0 Å². The molecule has 0 radical (unpaired) electrons. The standard InChI is InChI=1S/C17H24N2O3/c1-3-22-17(21)16(20)15-6-4-14(5-7-15)8-9-19-12-10-18(2)11-13-19/h4-7H,3,8-13H2,1-2H3. The van der Waals surface area contributed by atoms with E-state index in [4.69, 9.17) is 4.74 Å². The third-order valence-corrected chi connectivity index (χ3v) is 3.99. The molecular weight excluding hydrogens is 280 g/mol. The number of carbonyl (C=O) groups is 2. The summed E-state index contributed by atoms with van der Waals surface area (Å²) < 4.78 is 4.72. The molecule has 1 aromatic rings. The first kappa shape index (κ1) is 16.6. The minimum Gasteiger partial charge on any atom is -0.460 e. The van der Waals surface area contributed by atoms with Gasteiger partial charge >= 0.3 is 5.97 Å². The predicted molar refractivity (Wildman–Crippen MR) is 85.0 cm³/mol. The maximum atomic E-state index is 11.8. The first-order valence-electron chi connectivity index (χ1n) is 7.81. The van der Waals surface area contributed by atoms with Crippen LogP contribution in [0.3, 0.4) is 0 Å². The molecule has 0 aliphatic carbocycles. The second-order valence-corrected chi connectivity index (χ2v) is 5.64. The Hall–Kier alpha value is -1.72. The lowest BCUT2D eigenvalue weighted by molar-refractivity contribution is -0.137. The summed E-state index contributed by atoms with van der Waals surface area (Å²) >= 11 is 0. The second-order valence-electron chi connectivity index (χ2n) is 5.64. The van der Waals surface area contributed by atoms with Crippen LogP contribution >= 0.6 is 0 Å². The first-order valence-corrected chi connectivity index (χ1v) is 7.81. The molecule has 0 bridgehead atoms. The quantitative estimate of drug-likeness (QED) is 0.449. The van der Waals surface area contributed by atoms with Gasteiger partial charge in [0.15, 0.2) is 0 Å². The molecule has 1 aliphatic heterocycles. The summed E-state index contributed by atoms with van der Waals surface area (Å²) in [5, 5.41) is 0. The van der Waals surface area contributed by atoms with Gasteiger partial charge in [0.25, 0.3) is 5.78 Å². The minimum atomic E-state index is -0.785. The van der Waals surface area contributed by atoms with Crippen molar-refractivity contribution in [2.45, 2.75) is 13.3 Å². The summed E-state index contributed by atoms with van der Waals surface area (Å²) in [6.07, 6.45) is 0.956. The summed E-state index contributed by atoms with van der Waals surface area (Å²) in [6, 6.07) is 7.25. The highest BCUT2D eigenvalue weighted by molar-refractivity contribution is 6.40. The molecule has 0 atom stereocenters. The fraction of sp³-hybridized carbons (Fsp3) is 0.529. The molecule has 0 saturated carbocycles. The lowest BCUT2D eigenvalue weighted by atomic mass is 10.1. The smallest absolute Gasteiger partial charge is 0.379 e. The number of likely N-dealkylation sites (N-methyl/N-ethyl adjacent to an activating group) is 1. The molecule has 1 heterocycles. The van der Waals surface area contributed by atoms with Gasteiger partial charge in [0, 0.05) is 38.3 Å². The monoisotopic (exact) mass is 304 g/mol. The Labute approximate surface area is 131 Å². The van der Waals surface area contributed by atoms with E-state index in [0.29, 0.717) is 5.56 Å². The predicted octanol–water partition coefficient (Wildman–Crippen LogP) is 1.22. The molecule has 5 nitrogen and oxygen atoms in total. The number of nitrogens with zero attached hydrogens (tertiary/aromatic N) is 2. The summed E-state index contributed by atoms with van der Waals surface area (Å²) in [4.78, 5) is 28.0. The molecule has 0 amide bonds. The topological polar surface area (TPSA) is 49.9 Å². The molecule has 0 spiro atoms. The number of carbonyl (C=O) groups excluding carboxylic acids is 2. The van der Waals surface area contributed by atoms with Gasteiger partial charge in [-0.25, -0.2) is 4.79 Å². The van der Waals surface area contributed by atoms with Crippen LogP contribution in [0, 0.1) is 0 Å². The van der Waals surface area contributed by atoms with Crippen LogP contribution in [-0.2, 0) is 16.0 Å². The van der Waals surface area contributed by atoms with Gasteiger partial charge in [0.1, 0.15) is 0 Å². The first-order chi connectivity index (χ1) is 10.6. The molecule has 2 rings (SSSR count). The molecule has 1 aromatic carbocycles. The van der Waals surface area contributed by atoms with Crippen LogP contribution in [0.15, 0.2) is 24.3 Å². The second kappa shape index (κ2) is 8.06. The highest BCUT2D eigenvalue weighted by Gasteiger charge is 2.17. The molecule has 1 aliphatic rings. The molecule has 5 heteroatoms. The number of esters is 1. The zero-order valence-corrected chi connectivity index (χ0v) is 13.4. The minimum absolute atomic E-state index is 0.216. The van der Waals surface area contributed by atoms with Crippen molar-refractivity contribution in [1.29, 1.82) is 0 Å². The molecule has 1 saturated heterocycles. The Bertz CT molecular complexity index is 505. The van der Waals surface area contributed by atoms with Crippen LogP contribution in [0.25, 0.3) is 0 Å². The largest absolute Gasteiger partial charge is 0.460 e. The van der Waals surface area contributed by atoms with Crippen LogP contribution in [0.1, 0.15) is 22.8 Å². The van der Waals surface area contributed by atoms with Gasteiger partial charge in [0.05, 0.1) is 6.61 Å². The average molecular weight is 304 g/mol. The molecule has 1 fully saturated rings. The van der Waals surface area contributed by atoms with Gasteiger partial charge in [-0.3, -0.25) is 4.79 Å². The van der Waals surface area contributed by atoms with Crippen molar-refractivity contribution >= 4 is 11.8 Å². The van der Waals surface area contributed by atoms with Gasteiger partial charge in [-0.05, 0) is 26.0 Å². The Kier molecular flexibility index (Phi) is 6.10. The van der Waals surface area contributed by atoms with E-state index in [-0.39, 0.29) is 6.61 Å². The summed E-state index contributed by atoms with van der Waals surface area (Å²) in [7, 11) is 2.15. The summed E-state index contributed by atoms with van der Waals surface area (Å²) in [5.41, 5.74) is 1.57. The molecule has 0 unspecified atom stereocenters. The van der Waals surface area contributed by atoms with Crippen LogP contribution in [0.4, 0.5) is 0 Å². The van der Waals surface area contributed by atoms with Gasteiger partial charge in [-0.15, -0.1) is 0 Å². The number of benzene rings is 1. The van der Waals surface area contributed by atoms with Crippen molar-refractivity contribution < 1.29 is 14.3 Å². The maximum absolute atomic E-state index is 11.8. The number of rotatable bonds is 6.